The maximum absolute atomic E-state index is 12.1. The lowest BCUT2D eigenvalue weighted by atomic mass is 10.1. The van der Waals surface area contributed by atoms with Crippen LogP contribution in [0.5, 0.6) is 0 Å². The molecule has 1 heterocycles. The van der Waals surface area contributed by atoms with Crippen LogP contribution in [-0.4, -0.2) is 22.0 Å². The fourth-order valence-electron chi connectivity index (χ4n) is 2.41. The van der Waals surface area contributed by atoms with Gasteiger partial charge in [0.1, 0.15) is 5.69 Å². The highest BCUT2D eigenvalue weighted by atomic mass is 16.2. The molecule has 0 spiro atoms. The van der Waals surface area contributed by atoms with Crippen molar-refractivity contribution in [1.82, 2.24) is 21.0 Å². The predicted molar refractivity (Wildman–Crippen MR) is 94.5 cm³/mol. The molecule has 25 heavy (non-hydrogen) atoms. The summed E-state index contributed by atoms with van der Waals surface area (Å²) in [4.78, 5) is 24.1. The summed E-state index contributed by atoms with van der Waals surface area (Å²) < 4.78 is 0. The van der Waals surface area contributed by atoms with Gasteiger partial charge < -0.3 is 0 Å². The van der Waals surface area contributed by atoms with Crippen LogP contribution in [0.1, 0.15) is 21.6 Å². The van der Waals surface area contributed by atoms with Crippen molar-refractivity contribution < 1.29 is 9.59 Å². The van der Waals surface area contributed by atoms with Gasteiger partial charge in [-0.05, 0) is 24.1 Å². The number of carbonyl (C=O) groups is 2. The standard InChI is InChI=1S/C19H18N4O2/c1-13-7-5-6-10-15(13)11-18(24)22-23-19(25)17-12-16(20-21-17)14-8-3-2-4-9-14/h2-10,12H,11H2,1H3,(H,20,21)(H,22,24)(H,23,25). The van der Waals surface area contributed by atoms with Crippen molar-refractivity contribution in [2.75, 3.05) is 0 Å². The smallest absolute Gasteiger partial charge is 0.273 e. The summed E-state index contributed by atoms with van der Waals surface area (Å²) >= 11 is 0. The van der Waals surface area contributed by atoms with E-state index >= 15 is 0 Å². The third-order valence-electron chi connectivity index (χ3n) is 3.82. The molecule has 0 unspecified atom stereocenters. The molecule has 0 bridgehead atoms. The van der Waals surface area contributed by atoms with Gasteiger partial charge in [0.05, 0.1) is 12.1 Å². The molecule has 2 aromatic carbocycles. The lowest BCUT2D eigenvalue weighted by Gasteiger charge is -2.07. The summed E-state index contributed by atoms with van der Waals surface area (Å²) in [5, 5.41) is 6.79. The number of amides is 2. The van der Waals surface area contributed by atoms with E-state index in [0.29, 0.717) is 5.69 Å². The normalized spacial score (nSPS) is 10.3. The number of hydrogen-bond donors (Lipinski definition) is 3. The predicted octanol–water partition coefficient (Wildman–Crippen LogP) is 2.39. The summed E-state index contributed by atoms with van der Waals surface area (Å²) in [5.41, 5.74) is 8.61. The molecule has 6 heteroatoms. The monoisotopic (exact) mass is 334 g/mol. The van der Waals surface area contributed by atoms with Gasteiger partial charge in [-0.3, -0.25) is 25.5 Å². The maximum Gasteiger partial charge on any atom is 0.287 e. The molecule has 0 radical (unpaired) electrons. The zero-order chi connectivity index (χ0) is 17.6. The molecule has 6 nitrogen and oxygen atoms in total. The van der Waals surface area contributed by atoms with Crippen molar-refractivity contribution in [3.63, 3.8) is 0 Å². The average Bonchev–Trinajstić information content (AvgIpc) is 3.13. The molecule has 1 aromatic heterocycles. The molecule has 3 N–H and O–H groups in total. The molecule has 0 saturated carbocycles. The van der Waals surface area contributed by atoms with E-state index in [4.69, 9.17) is 0 Å². The number of carbonyl (C=O) groups excluding carboxylic acids is 2. The first kappa shape index (κ1) is 16.4. The Balaban J connectivity index is 1.57. The van der Waals surface area contributed by atoms with E-state index in [2.05, 4.69) is 21.0 Å². The summed E-state index contributed by atoms with van der Waals surface area (Å²) in [5.74, 6) is -0.738. The Morgan fingerprint density at radius 2 is 1.72 bits per heavy atom. The van der Waals surface area contributed by atoms with E-state index in [0.717, 1.165) is 16.7 Å². The molecule has 3 rings (SSSR count). The number of rotatable bonds is 4. The fraction of sp³-hybridized carbons (Fsp3) is 0.105. The van der Waals surface area contributed by atoms with Crippen molar-refractivity contribution in [3.05, 3.63) is 77.5 Å². The van der Waals surface area contributed by atoms with Crippen molar-refractivity contribution >= 4 is 11.8 Å². The number of aryl methyl sites for hydroxylation is 1. The van der Waals surface area contributed by atoms with Gasteiger partial charge in [0.2, 0.25) is 5.91 Å². The lowest BCUT2D eigenvalue weighted by Crippen LogP contribution is -2.42. The van der Waals surface area contributed by atoms with Crippen LogP contribution in [-0.2, 0) is 11.2 Å². The highest BCUT2D eigenvalue weighted by Gasteiger charge is 2.12. The van der Waals surface area contributed by atoms with Crippen LogP contribution >= 0.6 is 0 Å². The van der Waals surface area contributed by atoms with Crippen LogP contribution in [0.4, 0.5) is 0 Å². The first-order valence-electron chi connectivity index (χ1n) is 7.88. The zero-order valence-electron chi connectivity index (χ0n) is 13.7. The highest BCUT2D eigenvalue weighted by Crippen LogP contribution is 2.16. The minimum absolute atomic E-state index is 0.200. The Bertz CT molecular complexity index is 887. The summed E-state index contributed by atoms with van der Waals surface area (Å²) in [6.45, 7) is 1.94. The van der Waals surface area contributed by atoms with Crippen LogP contribution in [0.2, 0.25) is 0 Å². The molecule has 0 aliphatic carbocycles. The Labute approximate surface area is 145 Å². The highest BCUT2D eigenvalue weighted by molar-refractivity contribution is 5.94. The van der Waals surface area contributed by atoms with Gasteiger partial charge in [-0.2, -0.15) is 5.10 Å². The van der Waals surface area contributed by atoms with Crippen LogP contribution in [0, 0.1) is 6.92 Å². The van der Waals surface area contributed by atoms with Crippen LogP contribution < -0.4 is 10.9 Å². The van der Waals surface area contributed by atoms with Gasteiger partial charge in [-0.15, -0.1) is 0 Å². The summed E-state index contributed by atoms with van der Waals surface area (Å²) in [6.07, 6.45) is 0.200. The second kappa shape index (κ2) is 7.44. The quantitative estimate of drug-likeness (QED) is 0.640. The van der Waals surface area contributed by atoms with Crippen molar-refractivity contribution in [2.45, 2.75) is 13.3 Å². The van der Waals surface area contributed by atoms with Gasteiger partial charge in [0.25, 0.3) is 5.91 Å². The lowest BCUT2D eigenvalue weighted by molar-refractivity contribution is -0.121. The van der Waals surface area contributed by atoms with E-state index in [9.17, 15) is 9.59 Å². The number of aromatic nitrogens is 2. The fourth-order valence-corrected chi connectivity index (χ4v) is 2.41. The van der Waals surface area contributed by atoms with E-state index in [-0.39, 0.29) is 18.0 Å². The average molecular weight is 334 g/mol. The molecule has 0 atom stereocenters. The number of benzene rings is 2. The molecular formula is C19H18N4O2. The Morgan fingerprint density at radius 1 is 1.00 bits per heavy atom. The van der Waals surface area contributed by atoms with Crippen LogP contribution in [0.3, 0.4) is 0 Å². The maximum atomic E-state index is 12.1. The molecule has 0 fully saturated rings. The second-order valence-electron chi connectivity index (χ2n) is 5.64. The van der Waals surface area contributed by atoms with E-state index in [1.165, 1.54) is 0 Å². The zero-order valence-corrected chi connectivity index (χ0v) is 13.7. The third-order valence-corrected chi connectivity index (χ3v) is 3.82. The number of hydrazine groups is 1. The summed E-state index contributed by atoms with van der Waals surface area (Å²) in [6, 6.07) is 18.8. The molecule has 2 amide bonds. The SMILES string of the molecule is Cc1ccccc1CC(=O)NNC(=O)c1cc(-c2ccccc2)n[nH]1. The van der Waals surface area contributed by atoms with E-state index in [1.807, 2.05) is 61.5 Å². The molecule has 0 aliphatic heterocycles. The molecule has 3 aromatic rings. The van der Waals surface area contributed by atoms with Gasteiger partial charge in [-0.1, -0.05) is 54.6 Å². The molecule has 126 valence electrons. The van der Waals surface area contributed by atoms with Gasteiger partial charge in [0, 0.05) is 5.56 Å². The number of nitrogens with one attached hydrogen (secondary N) is 3. The topological polar surface area (TPSA) is 86.9 Å². The number of hydrogen-bond acceptors (Lipinski definition) is 3. The second-order valence-corrected chi connectivity index (χ2v) is 5.64. The van der Waals surface area contributed by atoms with Crippen molar-refractivity contribution in [1.29, 1.82) is 0 Å². The van der Waals surface area contributed by atoms with E-state index < -0.39 is 5.91 Å². The van der Waals surface area contributed by atoms with Gasteiger partial charge in [0.15, 0.2) is 0 Å². The Kier molecular flexibility index (Phi) is 4.89. The molecular weight excluding hydrogens is 316 g/mol. The number of H-pyrrole nitrogens is 1. The van der Waals surface area contributed by atoms with Crippen molar-refractivity contribution in [2.24, 2.45) is 0 Å². The van der Waals surface area contributed by atoms with Crippen LogP contribution in [0.25, 0.3) is 11.3 Å². The minimum Gasteiger partial charge on any atom is -0.273 e. The largest absolute Gasteiger partial charge is 0.287 e. The van der Waals surface area contributed by atoms with Gasteiger partial charge in [-0.25, -0.2) is 0 Å². The first-order valence-corrected chi connectivity index (χ1v) is 7.88. The molecule has 0 saturated heterocycles. The first-order chi connectivity index (χ1) is 12.1. The Morgan fingerprint density at radius 3 is 2.48 bits per heavy atom. The minimum atomic E-state index is -0.451. The molecule has 0 aliphatic rings. The number of nitrogens with zero attached hydrogens (tertiary/aromatic N) is 1. The van der Waals surface area contributed by atoms with E-state index in [1.54, 1.807) is 6.07 Å². The summed E-state index contributed by atoms with van der Waals surface area (Å²) in [7, 11) is 0. The van der Waals surface area contributed by atoms with Crippen LogP contribution in [0.15, 0.2) is 60.7 Å². The van der Waals surface area contributed by atoms with Crippen molar-refractivity contribution in [3.8, 4) is 11.3 Å². The number of aromatic amines is 1. The van der Waals surface area contributed by atoms with Gasteiger partial charge >= 0.3 is 0 Å². The Hall–Kier alpha value is -3.41. The third kappa shape index (κ3) is 4.11.